The van der Waals surface area contributed by atoms with Crippen LogP contribution in [0.4, 0.5) is 11.4 Å². The molecule has 0 fully saturated rings. The van der Waals surface area contributed by atoms with E-state index in [9.17, 15) is 9.59 Å². The molecule has 104 valence electrons. The fourth-order valence-corrected chi connectivity index (χ4v) is 2.07. The van der Waals surface area contributed by atoms with Crippen LogP contribution in [0.15, 0.2) is 65.8 Å². The molecule has 1 unspecified atom stereocenters. The summed E-state index contributed by atoms with van der Waals surface area (Å²) in [6.07, 6.45) is 1.37. The summed E-state index contributed by atoms with van der Waals surface area (Å²) in [6.45, 7) is 0. The molecule has 21 heavy (non-hydrogen) atoms. The van der Waals surface area contributed by atoms with Crippen molar-refractivity contribution < 1.29 is 9.59 Å². The van der Waals surface area contributed by atoms with Crippen molar-refractivity contribution in [3.8, 4) is 0 Å². The van der Waals surface area contributed by atoms with E-state index in [4.69, 9.17) is 0 Å². The van der Waals surface area contributed by atoms with Gasteiger partial charge in [-0.05, 0) is 24.3 Å². The molecule has 0 spiro atoms. The minimum Gasteiger partial charge on any atom is -0.325 e. The zero-order valence-corrected chi connectivity index (χ0v) is 11.1. The molecule has 5 heteroatoms. The zero-order chi connectivity index (χ0) is 14.7. The average Bonchev–Trinajstić information content (AvgIpc) is 2.91. The molecule has 1 aliphatic heterocycles. The Morgan fingerprint density at radius 1 is 1.00 bits per heavy atom. The van der Waals surface area contributed by atoms with Gasteiger partial charge in [0.15, 0.2) is 5.92 Å². The van der Waals surface area contributed by atoms with Gasteiger partial charge in [-0.25, -0.2) is 5.01 Å². The molecule has 0 saturated carbocycles. The normalized spacial score (nSPS) is 17.0. The molecular formula is C16H13N3O2. The second kappa shape index (κ2) is 5.58. The van der Waals surface area contributed by atoms with E-state index in [1.54, 1.807) is 24.3 Å². The first-order valence-corrected chi connectivity index (χ1v) is 6.55. The lowest BCUT2D eigenvalue weighted by Crippen LogP contribution is -2.34. The van der Waals surface area contributed by atoms with Crippen molar-refractivity contribution in [1.29, 1.82) is 0 Å². The van der Waals surface area contributed by atoms with Gasteiger partial charge in [0.2, 0.25) is 5.91 Å². The Bertz CT molecular complexity index is 683. The van der Waals surface area contributed by atoms with E-state index in [-0.39, 0.29) is 11.8 Å². The predicted molar refractivity (Wildman–Crippen MR) is 81.0 cm³/mol. The number of hydrogen-bond acceptors (Lipinski definition) is 3. The number of benzene rings is 2. The minimum absolute atomic E-state index is 0.352. The summed E-state index contributed by atoms with van der Waals surface area (Å²) in [4.78, 5) is 24.4. The molecule has 0 bridgehead atoms. The largest absolute Gasteiger partial charge is 0.325 e. The Labute approximate surface area is 121 Å². The summed E-state index contributed by atoms with van der Waals surface area (Å²) in [6, 6.07) is 18.0. The summed E-state index contributed by atoms with van der Waals surface area (Å²) in [5.41, 5.74) is 1.30. The first-order chi connectivity index (χ1) is 10.3. The first kappa shape index (κ1) is 13.1. The van der Waals surface area contributed by atoms with Crippen LogP contribution in [0.3, 0.4) is 0 Å². The maximum absolute atomic E-state index is 12.3. The molecule has 0 aliphatic carbocycles. The number of amides is 2. The molecule has 2 amide bonds. The summed E-state index contributed by atoms with van der Waals surface area (Å²) in [7, 11) is 0. The van der Waals surface area contributed by atoms with Gasteiger partial charge in [-0.15, -0.1) is 0 Å². The highest BCUT2D eigenvalue weighted by atomic mass is 16.2. The number of hydrazone groups is 1. The summed E-state index contributed by atoms with van der Waals surface area (Å²) in [5.74, 6) is -1.63. The third kappa shape index (κ3) is 2.67. The highest BCUT2D eigenvalue weighted by molar-refractivity contribution is 6.23. The van der Waals surface area contributed by atoms with E-state index in [0.717, 1.165) is 0 Å². The van der Waals surface area contributed by atoms with Gasteiger partial charge >= 0.3 is 0 Å². The molecule has 0 saturated heterocycles. The van der Waals surface area contributed by atoms with Gasteiger partial charge in [-0.1, -0.05) is 36.4 Å². The molecule has 1 heterocycles. The summed E-state index contributed by atoms with van der Waals surface area (Å²) >= 11 is 0. The van der Waals surface area contributed by atoms with Crippen LogP contribution in [0.5, 0.6) is 0 Å². The number of hydrogen-bond donors (Lipinski definition) is 1. The fraction of sp³-hybridized carbons (Fsp3) is 0.0625. The van der Waals surface area contributed by atoms with Crippen LogP contribution in [0.25, 0.3) is 0 Å². The van der Waals surface area contributed by atoms with E-state index in [1.807, 2.05) is 36.4 Å². The van der Waals surface area contributed by atoms with Gasteiger partial charge in [-0.3, -0.25) is 9.59 Å². The quantitative estimate of drug-likeness (QED) is 0.876. The third-order valence-electron chi connectivity index (χ3n) is 3.13. The molecule has 3 rings (SSSR count). The van der Waals surface area contributed by atoms with E-state index >= 15 is 0 Å². The maximum Gasteiger partial charge on any atom is 0.265 e. The van der Waals surface area contributed by atoms with Crippen molar-refractivity contribution in [2.24, 2.45) is 11.0 Å². The van der Waals surface area contributed by atoms with E-state index in [2.05, 4.69) is 10.4 Å². The van der Waals surface area contributed by atoms with Crippen molar-refractivity contribution >= 4 is 29.4 Å². The predicted octanol–water partition coefficient (Wildman–Crippen LogP) is 2.27. The molecule has 0 radical (unpaired) electrons. The van der Waals surface area contributed by atoms with Gasteiger partial charge in [0.25, 0.3) is 5.91 Å². The minimum atomic E-state index is -0.898. The number of para-hydroxylation sites is 2. The molecule has 1 atom stereocenters. The molecule has 0 aromatic heterocycles. The second-order valence-corrected chi connectivity index (χ2v) is 4.58. The van der Waals surface area contributed by atoms with Crippen molar-refractivity contribution in [2.45, 2.75) is 0 Å². The molecule has 5 nitrogen and oxygen atoms in total. The average molecular weight is 279 g/mol. The number of rotatable bonds is 3. The van der Waals surface area contributed by atoms with Crippen LogP contribution in [0.2, 0.25) is 0 Å². The van der Waals surface area contributed by atoms with Gasteiger partial charge in [0, 0.05) is 11.9 Å². The number of carbonyl (C=O) groups excluding carboxylic acids is 2. The molecule has 1 N–H and O–H groups in total. The van der Waals surface area contributed by atoms with Crippen molar-refractivity contribution in [3.05, 3.63) is 60.7 Å². The van der Waals surface area contributed by atoms with E-state index < -0.39 is 5.92 Å². The number of anilines is 2. The van der Waals surface area contributed by atoms with Gasteiger partial charge < -0.3 is 5.32 Å². The van der Waals surface area contributed by atoms with E-state index in [1.165, 1.54) is 11.2 Å². The van der Waals surface area contributed by atoms with Crippen LogP contribution in [0, 0.1) is 5.92 Å². The number of nitrogens with zero attached hydrogens (tertiary/aromatic N) is 2. The van der Waals surface area contributed by atoms with E-state index in [0.29, 0.717) is 11.4 Å². The first-order valence-electron chi connectivity index (χ1n) is 6.55. The van der Waals surface area contributed by atoms with Gasteiger partial charge in [-0.2, -0.15) is 5.10 Å². The van der Waals surface area contributed by atoms with Gasteiger partial charge in [0.05, 0.1) is 5.69 Å². The standard InChI is InChI=1S/C16H13N3O2/c20-15(18-12-7-3-1-4-8-12)14-11-17-19(16(14)21)13-9-5-2-6-10-13/h1-11,14H,(H,18,20). The topological polar surface area (TPSA) is 61.8 Å². The smallest absolute Gasteiger partial charge is 0.265 e. The Balaban J connectivity index is 1.72. The summed E-state index contributed by atoms with van der Waals surface area (Å²) in [5, 5.41) is 7.98. The summed E-state index contributed by atoms with van der Waals surface area (Å²) < 4.78 is 0. The monoisotopic (exact) mass is 279 g/mol. The molecule has 2 aromatic rings. The van der Waals surface area contributed by atoms with Crippen molar-refractivity contribution in [1.82, 2.24) is 0 Å². The Kier molecular flexibility index (Phi) is 3.47. The molecule has 1 aliphatic rings. The molecule has 2 aromatic carbocycles. The van der Waals surface area contributed by atoms with Crippen LogP contribution in [-0.4, -0.2) is 18.0 Å². The van der Waals surface area contributed by atoms with Crippen LogP contribution in [-0.2, 0) is 9.59 Å². The van der Waals surface area contributed by atoms with Crippen LogP contribution < -0.4 is 10.3 Å². The highest BCUT2D eigenvalue weighted by Crippen LogP contribution is 2.21. The lowest BCUT2D eigenvalue weighted by atomic mass is 10.1. The number of nitrogens with one attached hydrogen (secondary N) is 1. The Hall–Kier alpha value is -2.95. The second-order valence-electron chi connectivity index (χ2n) is 4.58. The third-order valence-corrected chi connectivity index (χ3v) is 3.13. The van der Waals surface area contributed by atoms with Crippen LogP contribution >= 0.6 is 0 Å². The Morgan fingerprint density at radius 2 is 1.62 bits per heavy atom. The Morgan fingerprint density at radius 3 is 2.29 bits per heavy atom. The number of carbonyl (C=O) groups is 2. The fourth-order valence-electron chi connectivity index (χ4n) is 2.07. The van der Waals surface area contributed by atoms with Crippen molar-refractivity contribution in [3.63, 3.8) is 0 Å². The van der Waals surface area contributed by atoms with Crippen LogP contribution in [0.1, 0.15) is 0 Å². The SMILES string of the molecule is O=C(Nc1ccccc1)C1C=NN(c2ccccc2)C1=O. The maximum atomic E-state index is 12.3. The van der Waals surface area contributed by atoms with Gasteiger partial charge in [0.1, 0.15) is 0 Å². The molecular weight excluding hydrogens is 266 g/mol. The zero-order valence-electron chi connectivity index (χ0n) is 11.1. The van der Waals surface area contributed by atoms with Crippen molar-refractivity contribution in [2.75, 3.05) is 10.3 Å². The lowest BCUT2D eigenvalue weighted by molar-refractivity contribution is -0.127. The lowest BCUT2D eigenvalue weighted by Gasteiger charge is -2.14. The highest BCUT2D eigenvalue weighted by Gasteiger charge is 2.35.